The lowest BCUT2D eigenvalue weighted by atomic mass is 10.1. The van der Waals surface area contributed by atoms with Crippen molar-refractivity contribution in [1.29, 1.82) is 0 Å². The molecule has 0 aliphatic heterocycles. The van der Waals surface area contributed by atoms with Crippen LogP contribution in [0.5, 0.6) is 5.75 Å². The van der Waals surface area contributed by atoms with Crippen LogP contribution in [0.25, 0.3) is 11.0 Å². The van der Waals surface area contributed by atoms with Gasteiger partial charge in [0.1, 0.15) is 17.9 Å². The Kier molecular flexibility index (Phi) is 3.54. The normalized spacial score (nSPS) is 10.7. The average molecular weight is 303 g/mol. The molecule has 5 heteroatoms. The molecule has 0 spiro atoms. The summed E-state index contributed by atoms with van der Waals surface area (Å²) in [5.41, 5.74) is 1.63. The minimum atomic E-state index is -0.972. The van der Waals surface area contributed by atoms with E-state index < -0.39 is 5.97 Å². The first-order valence-electron chi connectivity index (χ1n) is 6.25. The van der Waals surface area contributed by atoms with E-state index in [9.17, 15) is 4.79 Å². The summed E-state index contributed by atoms with van der Waals surface area (Å²) in [6, 6.07) is 11.8. The number of rotatable bonds is 4. The van der Waals surface area contributed by atoms with Crippen LogP contribution >= 0.6 is 11.6 Å². The van der Waals surface area contributed by atoms with Crippen LogP contribution in [-0.2, 0) is 6.61 Å². The molecule has 0 aliphatic rings. The van der Waals surface area contributed by atoms with Crippen molar-refractivity contribution in [3.63, 3.8) is 0 Å². The van der Waals surface area contributed by atoms with Crippen molar-refractivity contribution < 1.29 is 19.1 Å². The van der Waals surface area contributed by atoms with E-state index in [1.165, 1.54) is 6.07 Å². The lowest BCUT2D eigenvalue weighted by molar-refractivity contribution is 0.0697. The van der Waals surface area contributed by atoms with Crippen molar-refractivity contribution in [3.8, 4) is 5.75 Å². The molecule has 1 heterocycles. The van der Waals surface area contributed by atoms with Gasteiger partial charge >= 0.3 is 5.97 Å². The first kappa shape index (κ1) is 13.5. The van der Waals surface area contributed by atoms with Crippen molar-refractivity contribution in [3.05, 3.63) is 64.9 Å². The molecule has 0 fully saturated rings. The maximum absolute atomic E-state index is 11.0. The number of hydrogen-bond donors (Lipinski definition) is 1. The number of carboxylic acids is 1. The quantitative estimate of drug-likeness (QED) is 0.777. The molecule has 1 aromatic heterocycles. The molecule has 0 unspecified atom stereocenters. The highest BCUT2D eigenvalue weighted by Gasteiger charge is 2.10. The molecule has 0 bridgehead atoms. The fourth-order valence-corrected chi connectivity index (χ4v) is 2.22. The molecular weight excluding hydrogens is 292 g/mol. The number of furan rings is 1. The Hall–Kier alpha value is -2.46. The minimum Gasteiger partial charge on any atom is -0.489 e. The summed E-state index contributed by atoms with van der Waals surface area (Å²) in [6.07, 6.45) is 1.57. The number of halogens is 1. The summed E-state index contributed by atoms with van der Waals surface area (Å²) in [6.45, 7) is 0.274. The third kappa shape index (κ3) is 2.85. The van der Waals surface area contributed by atoms with E-state index in [1.54, 1.807) is 42.7 Å². The van der Waals surface area contributed by atoms with Crippen molar-refractivity contribution in [2.75, 3.05) is 0 Å². The summed E-state index contributed by atoms with van der Waals surface area (Å²) in [7, 11) is 0. The van der Waals surface area contributed by atoms with Gasteiger partial charge in [-0.1, -0.05) is 17.7 Å². The van der Waals surface area contributed by atoms with Gasteiger partial charge in [-0.2, -0.15) is 0 Å². The van der Waals surface area contributed by atoms with Crippen LogP contribution in [0.3, 0.4) is 0 Å². The molecule has 2 aromatic carbocycles. The summed E-state index contributed by atoms with van der Waals surface area (Å²) >= 11 is 5.89. The van der Waals surface area contributed by atoms with Gasteiger partial charge in [0, 0.05) is 16.0 Å². The van der Waals surface area contributed by atoms with Gasteiger partial charge in [0.15, 0.2) is 0 Å². The van der Waals surface area contributed by atoms with E-state index in [0.29, 0.717) is 16.4 Å². The molecule has 0 aliphatic carbocycles. The number of carbonyl (C=O) groups is 1. The SMILES string of the molecule is O=C(O)c1ccc2occ(COc3cccc(Cl)c3)c2c1. The number of fused-ring (bicyclic) bond motifs is 1. The van der Waals surface area contributed by atoms with E-state index in [4.69, 9.17) is 25.9 Å². The second-order valence-corrected chi connectivity index (χ2v) is 4.96. The van der Waals surface area contributed by atoms with Gasteiger partial charge in [-0.25, -0.2) is 4.79 Å². The highest BCUT2D eigenvalue weighted by Crippen LogP contribution is 2.25. The highest BCUT2D eigenvalue weighted by atomic mass is 35.5. The molecule has 1 N–H and O–H groups in total. The maximum atomic E-state index is 11.0. The number of hydrogen-bond acceptors (Lipinski definition) is 3. The lowest BCUT2D eigenvalue weighted by Gasteiger charge is -2.05. The smallest absolute Gasteiger partial charge is 0.335 e. The predicted octanol–water partition coefficient (Wildman–Crippen LogP) is 4.36. The van der Waals surface area contributed by atoms with E-state index in [1.807, 2.05) is 0 Å². The lowest BCUT2D eigenvalue weighted by Crippen LogP contribution is -1.97. The molecule has 0 saturated heterocycles. The third-order valence-corrected chi connectivity index (χ3v) is 3.33. The van der Waals surface area contributed by atoms with E-state index >= 15 is 0 Å². The Balaban J connectivity index is 1.86. The highest BCUT2D eigenvalue weighted by molar-refractivity contribution is 6.30. The van der Waals surface area contributed by atoms with Crippen molar-refractivity contribution in [1.82, 2.24) is 0 Å². The third-order valence-electron chi connectivity index (χ3n) is 3.09. The van der Waals surface area contributed by atoms with Crippen LogP contribution in [0.15, 0.2) is 53.1 Å². The monoisotopic (exact) mass is 302 g/mol. The van der Waals surface area contributed by atoms with Crippen LogP contribution in [0, 0.1) is 0 Å². The number of aromatic carboxylic acids is 1. The fourth-order valence-electron chi connectivity index (χ4n) is 2.04. The van der Waals surface area contributed by atoms with Crippen LogP contribution < -0.4 is 4.74 Å². The molecule has 0 atom stereocenters. The summed E-state index contributed by atoms with van der Waals surface area (Å²) in [5, 5.41) is 10.4. The fraction of sp³-hybridized carbons (Fsp3) is 0.0625. The molecule has 21 heavy (non-hydrogen) atoms. The Morgan fingerprint density at radius 2 is 2.10 bits per heavy atom. The van der Waals surface area contributed by atoms with Crippen molar-refractivity contribution in [2.45, 2.75) is 6.61 Å². The number of benzene rings is 2. The topological polar surface area (TPSA) is 59.7 Å². The molecule has 0 radical (unpaired) electrons. The van der Waals surface area contributed by atoms with Gasteiger partial charge < -0.3 is 14.3 Å². The summed E-state index contributed by atoms with van der Waals surface area (Å²) < 4.78 is 11.0. The standard InChI is InChI=1S/C16H11ClO4/c17-12-2-1-3-13(7-12)20-8-11-9-21-15-5-4-10(16(18)19)6-14(11)15/h1-7,9H,8H2,(H,18,19). The second-order valence-electron chi connectivity index (χ2n) is 4.52. The summed E-state index contributed by atoms with van der Waals surface area (Å²) in [4.78, 5) is 11.0. The van der Waals surface area contributed by atoms with E-state index in [-0.39, 0.29) is 12.2 Å². The van der Waals surface area contributed by atoms with Gasteiger partial charge in [0.05, 0.1) is 11.8 Å². The zero-order valence-corrected chi connectivity index (χ0v) is 11.6. The summed E-state index contributed by atoms with van der Waals surface area (Å²) in [5.74, 6) is -0.328. The molecule has 0 amide bonds. The van der Waals surface area contributed by atoms with Gasteiger partial charge in [0.2, 0.25) is 0 Å². The molecular formula is C16H11ClO4. The molecule has 4 nitrogen and oxygen atoms in total. The molecule has 3 rings (SSSR count). The van der Waals surface area contributed by atoms with Gasteiger partial charge in [0.25, 0.3) is 0 Å². The van der Waals surface area contributed by atoms with Crippen LogP contribution in [0.2, 0.25) is 5.02 Å². The number of carboxylic acid groups (broad SMARTS) is 1. The predicted molar refractivity (Wildman–Crippen MR) is 79.0 cm³/mol. The maximum Gasteiger partial charge on any atom is 0.335 e. The van der Waals surface area contributed by atoms with Crippen LogP contribution in [-0.4, -0.2) is 11.1 Å². The Labute approximate surface area is 125 Å². The zero-order chi connectivity index (χ0) is 14.8. The Morgan fingerprint density at radius 1 is 1.24 bits per heavy atom. The van der Waals surface area contributed by atoms with Crippen LogP contribution in [0.1, 0.15) is 15.9 Å². The minimum absolute atomic E-state index is 0.216. The Bertz CT molecular complexity index is 807. The largest absolute Gasteiger partial charge is 0.489 e. The van der Waals surface area contributed by atoms with Gasteiger partial charge in [-0.3, -0.25) is 0 Å². The first-order chi connectivity index (χ1) is 10.1. The Morgan fingerprint density at radius 3 is 2.86 bits per heavy atom. The van der Waals surface area contributed by atoms with Crippen LogP contribution in [0.4, 0.5) is 0 Å². The van der Waals surface area contributed by atoms with E-state index in [2.05, 4.69) is 0 Å². The second kappa shape index (κ2) is 5.50. The first-order valence-corrected chi connectivity index (χ1v) is 6.63. The molecule has 3 aromatic rings. The molecule has 106 valence electrons. The average Bonchev–Trinajstić information content (AvgIpc) is 2.87. The number of ether oxygens (including phenoxy) is 1. The van der Waals surface area contributed by atoms with Crippen molar-refractivity contribution in [2.24, 2.45) is 0 Å². The van der Waals surface area contributed by atoms with Crippen molar-refractivity contribution >= 4 is 28.5 Å². The van der Waals surface area contributed by atoms with Gasteiger partial charge in [-0.15, -0.1) is 0 Å². The van der Waals surface area contributed by atoms with E-state index in [0.717, 1.165) is 10.9 Å². The molecule has 0 saturated carbocycles. The zero-order valence-electron chi connectivity index (χ0n) is 10.9. The van der Waals surface area contributed by atoms with Gasteiger partial charge in [-0.05, 0) is 36.4 Å².